The average molecular weight is 287 g/mol. The molecule has 0 radical (unpaired) electrons. The minimum atomic E-state index is -0.545. The normalized spacial score (nSPS) is 22.5. The van der Waals surface area contributed by atoms with Gasteiger partial charge in [0.05, 0.1) is 5.54 Å². The van der Waals surface area contributed by atoms with Gasteiger partial charge in [-0.25, -0.2) is 4.39 Å². The third-order valence-corrected chi connectivity index (χ3v) is 3.64. The van der Waals surface area contributed by atoms with Gasteiger partial charge in [0, 0.05) is 11.3 Å². The minimum absolute atomic E-state index is 0. The van der Waals surface area contributed by atoms with Crippen LogP contribution in [0.3, 0.4) is 0 Å². The number of benzene rings is 1. The maximum atomic E-state index is 13.4. The number of hydrogen-bond acceptors (Lipinski definition) is 2. The van der Waals surface area contributed by atoms with Gasteiger partial charge in [0.2, 0.25) is 5.91 Å². The summed E-state index contributed by atoms with van der Waals surface area (Å²) in [5.74, 6) is -0.384. The Morgan fingerprint density at radius 2 is 2.16 bits per heavy atom. The van der Waals surface area contributed by atoms with Crippen LogP contribution in [0.1, 0.15) is 31.7 Å². The second-order valence-corrected chi connectivity index (χ2v) is 5.08. The van der Waals surface area contributed by atoms with E-state index in [1.165, 1.54) is 6.07 Å². The molecule has 0 aromatic heterocycles. The summed E-state index contributed by atoms with van der Waals surface area (Å²) in [6.45, 7) is 4.42. The van der Waals surface area contributed by atoms with Gasteiger partial charge in [-0.2, -0.15) is 0 Å². The van der Waals surface area contributed by atoms with Gasteiger partial charge in [0.15, 0.2) is 0 Å². The fourth-order valence-corrected chi connectivity index (χ4v) is 2.25. The molecule has 1 saturated heterocycles. The first-order valence-corrected chi connectivity index (χ1v) is 6.34. The quantitative estimate of drug-likeness (QED) is 0.877. The van der Waals surface area contributed by atoms with E-state index in [0.717, 1.165) is 25.8 Å². The molecule has 1 atom stereocenters. The van der Waals surface area contributed by atoms with Crippen LogP contribution in [0.5, 0.6) is 0 Å². The van der Waals surface area contributed by atoms with Crippen LogP contribution in [0.2, 0.25) is 0 Å². The summed E-state index contributed by atoms with van der Waals surface area (Å²) >= 11 is 0. The van der Waals surface area contributed by atoms with Crippen molar-refractivity contribution in [1.29, 1.82) is 0 Å². The predicted octanol–water partition coefficient (Wildman–Crippen LogP) is 3.03. The van der Waals surface area contributed by atoms with Crippen LogP contribution in [0.15, 0.2) is 18.2 Å². The molecule has 1 aliphatic heterocycles. The molecule has 2 rings (SSSR count). The highest BCUT2D eigenvalue weighted by molar-refractivity contribution is 5.98. The molecular weight excluding hydrogens is 267 g/mol. The Morgan fingerprint density at radius 1 is 1.42 bits per heavy atom. The van der Waals surface area contributed by atoms with E-state index < -0.39 is 5.54 Å². The lowest BCUT2D eigenvalue weighted by Gasteiger charge is -2.33. The molecule has 19 heavy (non-hydrogen) atoms. The fraction of sp³-hybridized carbons (Fsp3) is 0.500. The van der Waals surface area contributed by atoms with Crippen LogP contribution in [0, 0.1) is 12.7 Å². The smallest absolute Gasteiger partial charge is 0.244 e. The van der Waals surface area contributed by atoms with Crippen molar-refractivity contribution in [3.05, 3.63) is 29.6 Å². The van der Waals surface area contributed by atoms with Crippen LogP contribution in [0.25, 0.3) is 0 Å². The van der Waals surface area contributed by atoms with Crippen molar-refractivity contribution in [3.63, 3.8) is 0 Å². The van der Waals surface area contributed by atoms with Crippen molar-refractivity contribution in [2.75, 3.05) is 11.9 Å². The average Bonchev–Trinajstić information content (AvgIpc) is 2.36. The zero-order valence-electron chi connectivity index (χ0n) is 11.3. The Morgan fingerprint density at radius 3 is 2.79 bits per heavy atom. The summed E-state index contributed by atoms with van der Waals surface area (Å²) in [5.41, 5.74) is 0.482. The number of nitrogens with one attached hydrogen (secondary N) is 2. The lowest BCUT2D eigenvalue weighted by atomic mass is 9.90. The third kappa shape index (κ3) is 3.45. The maximum Gasteiger partial charge on any atom is 0.244 e. The summed E-state index contributed by atoms with van der Waals surface area (Å²) in [6.07, 6.45) is 2.95. The molecule has 1 amide bonds. The first-order chi connectivity index (χ1) is 8.53. The van der Waals surface area contributed by atoms with E-state index in [9.17, 15) is 9.18 Å². The standard InChI is InChI=1S/C14H19FN2O.ClH/c1-10-11(15)6-5-7-12(10)17-13(18)14(2)8-3-4-9-16-14;/h5-7,16H,3-4,8-9H2,1-2H3,(H,17,18);1H. The number of carbonyl (C=O) groups excluding carboxylic acids is 1. The molecule has 1 aromatic carbocycles. The van der Waals surface area contributed by atoms with Gasteiger partial charge >= 0.3 is 0 Å². The summed E-state index contributed by atoms with van der Waals surface area (Å²) in [5, 5.41) is 6.06. The van der Waals surface area contributed by atoms with Crippen molar-refractivity contribution >= 4 is 24.0 Å². The highest BCUT2D eigenvalue weighted by Crippen LogP contribution is 2.23. The molecule has 2 N–H and O–H groups in total. The molecule has 1 aromatic rings. The number of anilines is 1. The second-order valence-electron chi connectivity index (χ2n) is 5.08. The zero-order chi connectivity index (χ0) is 13.2. The van der Waals surface area contributed by atoms with Gasteiger partial charge in [0.1, 0.15) is 5.82 Å². The topological polar surface area (TPSA) is 41.1 Å². The van der Waals surface area contributed by atoms with Crippen molar-refractivity contribution in [3.8, 4) is 0 Å². The molecule has 3 nitrogen and oxygen atoms in total. The molecule has 1 heterocycles. The van der Waals surface area contributed by atoms with E-state index in [2.05, 4.69) is 10.6 Å². The highest BCUT2D eigenvalue weighted by atomic mass is 35.5. The van der Waals surface area contributed by atoms with E-state index in [1.54, 1.807) is 19.1 Å². The largest absolute Gasteiger partial charge is 0.324 e. The van der Waals surface area contributed by atoms with Crippen LogP contribution in [0.4, 0.5) is 10.1 Å². The molecule has 1 unspecified atom stereocenters. The van der Waals surface area contributed by atoms with Gasteiger partial charge in [-0.1, -0.05) is 6.07 Å². The van der Waals surface area contributed by atoms with E-state index in [1.807, 2.05) is 6.92 Å². The maximum absolute atomic E-state index is 13.4. The van der Waals surface area contributed by atoms with E-state index in [-0.39, 0.29) is 24.1 Å². The van der Waals surface area contributed by atoms with Crippen molar-refractivity contribution < 1.29 is 9.18 Å². The lowest BCUT2D eigenvalue weighted by molar-refractivity contribution is -0.122. The monoisotopic (exact) mass is 286 g/mol. The Balaban J connectivity index is 0.00000180. The molecule has 106 valence electrons. The summed E-state index contributed by atoms with van der Waals surface area (Å²) in [4.78, 5) is 12.3. The van der Waals surface area contributed by atoms with Crippen LogP contribution in [-0.4, -0.2) is 18.0 Å². The number of rotatable bonds is 2. The van der Waals surface area contributed by atoms with Gasteiger partial charge in [-0.05, 0) is 51.8 Å². The fourth-order valence-electron chi connectivity index (χ4n) is 2.25. The molecular formula is C14H20ClFN2O. The van der Waals surface area contributed by atoms with Crippen molar-refractivity contribution in [2.45, 2.75) is 38.6 Å². The Bertz CT molecular complexity index is 459. The summed E-state index contributed by atoms with van der Waals surface area (Å²) in [6, 6.07) is 4.72. The summed E-state index contributed by atoms with van der Waals surface area (Å²) < 4.78 is 13.4. The third-order valence-electron chi connectivity index (χ3n) is 3.64. The second kappa shape index (κ2) is 6.35. The number of amides is 1. The molecule has 0 saturated carbocycles. The molecule has 1 fully saturated rings. The number of hydrogen-bond donors (Lipinski definition) is 2. The lowest BCUT2D eigenvalue weighted by Crippen LogP contribution is -2.54. The Kier molecular flexibility index (Phi) is 5.32. The van der Waals surface area contributed by atoms with E-state index in [4.69, 9.17) is 0 Å². The first-order valence-electron chi connectivity index (χ1n) is 6.34. The molecule has 0 aliphatic carbocycles. The molecule has 0 bridgehead atoms. The first kappa shape index (κ1) is 15.9. The van der Waals surface area contributed by atoms with Gasteiger partial charge < -0.3 is 10.6 Å². The van der Waals surface area contributed by atoms with Crippen molar-refractivity contribution in [2.24, 2.45) is 0 Å². The molecule has 5 heteroatoms. The minimum Gasteiger partial charge on any atom is -0.324 e. The van der Waals surface area contributed by atoms with Crippen LogP contribution < -0.4 is 10.6 Å². The predicted molar refractivity (Wildman–Crippen MR) is 77.3 cm³/mol. The SMILES string of the molecule is Cc1c(F)cccc1NC(=O)C1(C)CCCCN1.Cl. The zero-order valence-corrected chi connectivity index (χ0v) is 12.1. The van der Waals surface area contributed by atoms with Gasteiger partial charge in [-0.15, -0.1) is 12.4 Å². The molecule has 1 aliphatic rings. The van der Waals surface area contributed by atoms with Gasteiger partial charge in [0.25, 0.3) is 0 Å². The van der Waals surface area contributed by atoms with Crippen LogP contribution in [-0.2, 0) is 4.79 Å². The Labute approximate surface area is 119 Å². The summed E-state index contributed by atoms with van der Waals surface area (Å²) in [7, 11) is 0. The number of piperidine rings is 1. The van der Waals surface area contributed by atoms with Crippen LogP contribution >= 0.6 is 12.4 Å². The Hall–Kier alpha value is -1.13. The number of halogens is 2. The van der Waals surface area contributed by atoms with E-state index in [0.29, 0.717) is 11.3 Å². The number of carbonyl (C=O) groups is 1. The van der Waals surface area contributed by atoms with E-state index >= 15 is 0 Å². The van der Waals surface area contributed by atoms with Crippen molar-refractivity contribution in [1.82, 2.24) is 5.32 Å². The van der Waals surface area contributed by atoms with Gasteiger partial charge in [-0.3, -0.25) is 4.79 Å². The highest BCUT2D eigenvalue weighted by Gasteiger charge is 2.34. The molecule has 0 spiro atoms.